The van der Waals surface area contributed by atoms with Crippen LogP contribution in [0.1, 0.15) is 5.69 Å². The molecule has 0 saturated carbocycles. The molecule has 3 rings (SSSR count). The number of aromatic amines is 1. The van der Waals surface area contributed by atoms with Gasteiger partial charge in [-0.15, -0.1) is 0 Å². The molecule has 0 aliphatic rings. The molecule has 0 aliphatic heterocycles. The number of nitrogens with one attached hydrogen (secondary N) is 1. The molecule has 130 valence electrons. The van der Waals surface area contributed by atoms with E-state index in [0.717, 1.165) is 5.56 Å². The Kier molecular flexibility index (Phi) is 4.48. The summed E-state index contributed by atoms with van der Waals surface area (Å²) >= 11 is 2.38. The van der Waals surface area contributed by atoms with Crippen molar-refractivity contribution in [1.82, 2.24) is 5.10 Å². The van der Waals surface area contributed by atoms with E-state index in [1.807, 2.05) is 6.07 Å². The summed E-state index contributed by atoms with van der Waals surface area (Å²) < 4.78 is 51.8. The van der Waals surface area contributed by atoms with Crippen LogP contribution in [0.15, 0.2) is 65.6 Å². The quantitative estimate of drug-likeness (QED) is 0.494. The molecule has 0 fully saturated rings. The predicted molar refractivity (Wildman–Crippen MR) is 92.0 cm³/mol. The van der Waals surface area contributed by atoms with Gasteiger partial charge in [-0.3, -0.25) is 0 Å². The van der Waals surface area contributed by atoms with Gasteiger partial charge >= 0.3 is 4.83 Å². The number of hydrogen-bond donors (Lipinski definition) is 2. The Balaban J connectivity index is 2.13. The lowest BCUT2D eigenvalue weighted by atomic mass is 10.1. The topological polar surface area (TPSA) is 79.8 Å². The van der Waals surface area contributed by atoms with E-state index < -0.39 is 14.9 Å². The second-order valence-corrected chi connectivity index (χ2v) is 7.85. The first-order chi connectivity index (χ1) is 11.7. The molecule has 0 atom stereocenters. The van der Waals surface area contributed by atoms with Gasteiger partial charge in [0, 0.05) is 39.7 Å². The van der Waals surface area contributed by atoms with Crippen molar-refractivity contribution >= 4 is 26.0 Å². The van der Waals surface area contributed by atoms with Crippen LogP contribution in [0.3, 0.4) is 0 Å². The van der Waals surface area contributed by atoms with Crippen molar-refractivity contribution in [1.29, 1.82) is 0 Å². The van der Waals surface area contributed by atoms with E-state index in [9.17, 15) is 17.2 Å². The molecule has 5 nitrogen and oxygen atoms in total. The summed E-state index contributed by atoms with van der Waals surface area (Å²) in [6.45, 7) is 0. The fraction of sp³-hybridized carbons (Fsp3) is 0.0625. The lowest BCUT2D eigenvalue weighted by Gasteiger charge is -2.03. The van der Waals surface area contributed by atoms with Crippen LogP contribution in [-0.2, 0) is 14.9 Å². The van der Waals surface area contributed by atoms with E-state index in [0.29, 0.717) is 11.4 Å². The summed E-state index contributed by atoms with van der Waals surface area (Å²) in [6.07, 6.45) is 0. The molecule has 0 radical (unpaired) electrons. The number of nitrogens with zero attached hydrogens (tertiary/aromatic N) is 1. The molecule has 0 spiro atoms. The number of hydrogen-bond acceptors (Lipinski definition) is 2. The van der Waals surface area contributed by atoms with E-state index in [4.69, 9.17) is 5.14 Å². The Labute approximate surface area is 151 Å². The number of primary sulfonamides is 1. The van der Waals surface area contributed by atoms with Crippen molar-refractivity contribution < 1.29 is 21.9 Å². The van der Waals surface area contributed by atoms with Gasteiger partial charge in [0.2, 0.25) is 15.7 Å². The molecule has 3 aromatic rings. The molecule has 0 bridgehead atoms. The van der Waals surface area contributed by atoms with Crippen LogP contribution < -0.4 is 9.82 Å². The summed E-state index contributed by atoms with van der Waals surface area (Å²) in [6, 6.07) is 15.6. The third kappa shape index (κ3) is 3.78. The minimum atomic E-state index is -3.85. The van der Waals surface area contributed by atoms with Crippen LogP contribution in [0.5, 0.6) is 0 Å². The van der Waals surface area contributed by atoms with Crippen LogP contribution in [-0.4, -0.2) is 13.5 Å². The first kappa shape index (κ1) is 17.7. The average molecular weight is 429 g/mol. The summed E-state index contributed by atoms with van der Waals surface area (Å²) in [5, 5.41) is 7.96. The number of halogens is 3. The number of rotatable bonds is 4. The fourth-order valence-electron chi connectivity index (χ4n) is 2.38. The number of benzene rings is 2. The average Bonchev–Trinajstić information content (AvgIpc) is 3.01. The summed E-state index contributed by atoms with van der Waals surface area (Å²) in [7, 11) is -3.85. The maximum absolute atomic E-state index is 14.0. The maximum Gasteiger partial charge on any atom is 0.385 e. The number of nitrogens with two attached hydrogens (primary N) is 1. The Morgan fingerprint density at radius 3 is 2.16 bits per heavy atom. The SMILES string of the molecule is NS(=O)(=O)c1ccc(-[n+]2[nH]c(-c3ccccc3)cc2C(F)(F)Br)cc1. The Morgan fingerprint density at radius 2 is 1.64 bits per heavy atom. The number of aromatic nitrogens is 2. The molecule has 0 aliphatic carbocycles. The van der Waals surface area contributed by atoms with Crippen LogP contribution in [0.2, 0.25) is 0 Å². The zero-order valence-electron chi connectivity index (χ0n) is 12.7. The highest BCUT2D eigenvalue weighted by molar-refractivity contribution is 9.09. The molecule has 25 heavy (non-hydrogen) atoms. The molecule has 0 amide bonds. The molecular formula is C16H13BrF2N3O2S+. The molecular weight excluding hydrogens is 416 g/mol. The highest BCUT2D eigenvalue weighted by Gasteiger charge is 2.40. The second-order valence-electron chi connectivity index (χ2n) is 5.29. The number of alkyl halides is 3. The van der Waals surface area contributed by atoms with Crippen molar-refractivity contribution in [2.45, 2.75) is 9.73 Å². The first-order valence-corrected chi connectivity index (χ1v) is 9.41. The van der Waals surface area contributed by atoms with Gasteiger partial charge in [-0.1, -0.05) is 35.0 Å². The van der Waals surface area contributed by atoms with Crippen LogP contribution in [0.25, 0.3) is 16.9 Å². The van der Waals surface area contributed by atoms with E-state index >= 15 is 0 Å². The van der Waals surface area contributed by atoms with E-state index in [-0.39, 0.29) is 10.6 Å². The van der Waals surface area contributed by atoms with Gasteiger partial charge in [0.05, 0.1) is 4.90 Å². The fourth-order valence-corrected chi connectivity index (χ4v) is 3.18. The number of sulfonamides is 1. The third-order valence-corrected chi connectivity index (χ3v) is 4.89. The van der Waals surface area contributed by atoms with Gasteiger partial charge in [0.1, 0.15) is 5.69 Å². The summed E-state index contributed by atoms with van der Waals surface area (Å²) in [4.78, 5) is -3.38. The first-order valence-electron chi connectivity index (χ1n) is 7.07. The zero-order valence-corrected chi connectivity index (χ0v) is 15.1. The third-order valence-electron chi connectivity index (χ3n) is 3.55. The Bertz CT molecular complexity index is 998. The minimum Gasteiger partial charge on any atom is -0.225 e. The van der Waals surface area contributed by atoms with E-state index in [1.165, 1.54) is 35.0 Å². The van der Waals surface area contributed by atoms with Crippen LogP contribution >= 0.6 is 15.9 Å². The van der Waals surface area contributed by atoms with Crippen LogP contribution in [0.4, 0.5) is 8.78 Å². The van der Waals surface area contributed by atoms with Crippen molar-refractivity contribution in [2.24, 2.45) is 5.14 Å². The van der Waals surface area contributed by atoms with E-state index in [1.54, 1.807) is 24.3 Å². The van der Waals surface area contributed by atoms with Gasteiger partial charge in [-0.2, -0.15) is 13.9 Å². The van der Waals surface area contributed by atoms with Gasteiger partial charge in [0.15, 0.2) is 0 Å². The summed E-state index contributed by atoms with van der Waals surface area (Å²) in [5.41, 5.74) is 1.24. The molecule has 0 unspecified atom stereocenters. The van der Waals surface area contributed by atoms with Crippen molar-refractivity contribution in [3.8, 4) is 16.9 Å². The van der Waals surface area contributed by atoms with Crippen molar-refractivity contribution in [3.63, 3.8) is 0 Å². The largest absolute Gasteiger partial charge is 0.385 e. The second kappa shape index (κ2) is 6.32. The molecule has 1 heterocycles. The van der Waals surface area contributed by atoms with Gasteiger partial charge < -0.3 is 0 Å². The number of H-pyrrole nitrogens is 1. The van der Waals surface area contributed by atoms with Crippen molar-refractivity contribution in [2.75, 3.05) is 0 Å². The van der Waals surface area contributed by atoms with E-state index in [2.05, 4.69) is 21.0 Å². The molecule has 2 aromatic carbocycles. The molecule has 0 saturated heterocycles. The van der Waals surface area contributed by atoms with Gasteiger partial charge in [0.25, 0.3) is 5.69 Å². The molecule has 1 aromatic heterocycles. The Hall–Kier alpha value is -2.10. The smallest absolute Gasteiger partial charge is 0.225 e. The molecule has 3 N–H and O–H groups in total. The van der Waals surface area contributed by atoms with Gasteiger partial charge in [-0.25, -0.2) is 13.6 Å². The predicted octanol–water partition coefficient (Wildman–Crippen LogP) is 3.05. The van der Waals surface area contributed by atoms with Crippen LogP contribution in [0, 0.1) is 0 Å². The van der Waals surface area contributed by atoms with Crippen molar-refractivity contribution in [3.05, 3.63) is 66.4 Å². The molecule has 9 heteroatoms. The van der Waals surface area contributed by atoms with Gasteiger partial charge in [-0.05, 0) is 12.1 Å². The Morgan fingerprint density at radius 1 is 1.04 bits per heavy atom. The minimum absolute atomic E-state index is 0.0983. The lowest BCUT2D eigenvalue weighted by Crippen LogP contribution is -2.39. The normalized spacial score (nSPS) is 12.3. The summed E-state index contributed by atoms with van der Waals surface area (Å²) in [5.74, 6) is 0. The monoisotopic (exact) mass is 428 g/mol. The maximum atomic E-state index is 14.0. The lowest BCUT2D eigenvalue weighted by molar-refractivity contribution is -0.668. The highest BCUT2D eigenvalue weighted by Crippen LogP contribution is 2.34. The standard InChI is InChI=1S/C16H12BrF2N3O2S/c17-16(18,19)15-10-14(11-4-2-1-3-5-11)21-22(15)12-6-8-13(9-7-12)25(20,23)24/h1-10H,(H2,20,23,24)/p+1. The zero-order chi connectivity index (χ0) is 18.2. The highest BCUT2D eigenvalue weighted by atomic mass is 79.9.